The highest BCUT2D eigenvalue weighted by Crippen LogP contribution is 2.47. The summed E-state index contributed by atoms with van der Waals surface area (Å²) in [6.07, 6.45) is 1.16. The van der Waals surface area contributed by atoms with Gasteiger partial charge in [0.2, 0.25) is 10.0 Å². The fourth-order valence-electron chi connectivity index (χ4n) is 3.81. The molecule has 1 unspecified atom stereocenters. The van der Waals surface area contributed by atoms with E-state index in [0.717, 1.165) is 9.87 Å². The van der Waals surface area contributed by atoms with E-state index in [1.807, 2.05) is 12.1 Å². The highest BCUT2D eigenvalue weighted by molar-refractivity contribution is 7.88. The molecule has 8 heteroatoms. The topological polar surface area (TPSA) is 93.1 Å². The van der Waals surface area contributed by atoms with Crippen LogP contribution in [0.4, 0.5) is 0 Å². The Kier molecular flexibility index (Phi) is 5.15. The molecule has 2 saturated heterocycles. The lowest BCUT2D eigenvalue weighted by Gasteiger charge is -2.55. The molecule has 1 spiro atoms. The van der Waals surface area contributed by atoms with Crippen molar-refractivity contribution in [1.82, 2.24) is 4.31 Å². The van der Waals surface area contributed by atoms with Gasteiger partial charge in [0.1, 0.15) is 6.04 Å². The Hall–Kier alpha value is -1.48. The zero-order chi connectivity index (χ0) is 18.1. The van der Waals surface area contributed by atoms with Crippen molar-refractivity contribution in [3.05, 3.63) is 35.4 Å². The molecule has 2 heterocycles. The molecule has 25 heavy (non-hydrogen) atoms. The van der Waals surface area contributed by atoms with Crippen molar-refractivity contribution in [2.24, 2.45) is 5.41 Å². The summed E-state index contributed by atoms with van der Waals surface area (Å²) < 4.78 is 37.3. The van der Waals surface area contributed by atoms with Crippen molar-refractivity contribution >= 4 is 16.0 Å². The molecule has 138 valence electrons. The monoisotopic (exact) mass is 369 g/mol. The van der Waals surface area contributed by atoms with E-state index in [4.69, 9.17) is 9.47 Å². The first kappa shape index (κ1) is 18.3. The molecule has 1 aromatic rings. The Bertz CT molecular complexity index is 741. The molecule has 2 aliphatic rings. The van der Waals surface area contributed by atoms with Gasteiger partial charge in [0.05, 0.1) is 12.4 Å². The average Bonchev–Trinajstić information content (AvgIpc) is 2.55. The van der Waals surface area contributed by atoms with Crippen LogP contribution in [-0.4, -0.2) is 56.7 Å². The zero-order valence-electron chi connectivity index (χ0n) is 14.2. The summed E-state index contributed by atoms with van der Waals surface area (Å²) in [5.74, 6) is -1.30. The molecule has 0 aliphatic carbocycles. The van der Waals surface area contributed by atoms with Gasteiger partial charge in [-0.15, -0.1) is 0 Å². The highest BCUT2D eigenvalue weighted by Gasteiger charge is 2.60. The van der Waals surface area contributed by atoms with E-state index in [1.54, 1.807) is 19.2 Å². The number of ether oxygens (including phenoxy) is 2. The van der Waals surface area contributed by atoms with Crippen molar-refractivity contribution in [3.8, 4) is 0 Å². The second-order valence-electron chi connectivity index (χ2n) is 6.72. The summed E-state index contributed by atoms with van der Waals surface area (Å²) in [6.45, 7) is 1.53. The van der Waals surface area contributed by atoms with E-state index in [1.165, 1.54) is 0 Å². The van der Waals surface area contributed by atoms with Crippen LogP contribution in [0.25, 0.3) is 0 Å². The maximum atomic E-state index is 12.9. The second-order valence-corrected chi connectivity index (χ2v) is 8.64. The van der Waals surface area contributed by atoms with Gasteiger partial charge in [0.25, 0.3) is 0 Å². The summed E-state index contributed by atoms with van der Waals surface area (Å²) in [5.41, 5.74) is 0.937. The van der Waals surface area contributed by atoms with E-state index >= 15 is 0 Å². The van der Waals surface area contributed by atoms with Crippen LogP contribution >= 0.6 is 0 Å². The first-order valence-electron chi connectivity index (χ1n) is 8.25. The predicted molar refractivity (Wildman–Crippen MR) is 90.4 cm³/mol. The van der Waals surface area contributed by atoms with E-state index in [2.05, 4.69) is 0 Å². The normalized spacial score (nSPS) is 23.3. The van der Waals surface area contributed by atoms with Crippen molar-refractivity contribution in [2.45, 2.75) is 31.2 Å². The van der Waals surface area contributed by atoms with Gasteiger partial charge in [-0.2, -0.15) is 4.31 Å². The highest BCUT2D eigenvalue weighted by atomic mass is 32.2. The number of carboxylic acid groups (broad SMARTS) is 1. The first-order chi connectivity index (χ1) is 11.9. The molecule has 3 rings (SSSR count). The summed E-state index contributed by atoms with van der Waals surface area (Å²) in [6, 6.07) is 6.15. The van der Waals surface area contributed by atoms with Crippen LogP contribution in [0.5, 0.6) is 0 Å². The molecule has 0 saturated carbocycles. The molecule has 0 amide bonds. The van der Waals surface area contributed by atoms with Crippen LogP contribution in [0.2, 0.25) is 0 Å². The van der Waals surface area contributed by atoms with Gasteiger partial charge in [-0.3, -0.25) is 4.79 Å². The molecule has 1 atom stereocenters. The molecule has 0 bridgehead atoms. The van der Waals surface area contributed by atoms with E-state index in [0.29, 0.717) is 38.2 Å². The predicted octanol–water partition coefficient (Wildman–Crippen LogP) is 1.23. The molecule has 2 aliphatic heterocycles. The van der Waals surface area contributed by atoms with Crippen LogP contribution in [-0.2, 0) is 36.7 Å². The Labute approximate surface area is 147 Å². The Balaban J connectivity index is 1.82. The minimum absolute atomic E-state index is 0.219. The van der Waals surface area contributed by atoms with Gasteiger partial charge < -0.3 is 14.6 Å². The number of methoxy groups -OCH3 is 1. The van der Waals surface area contributed by atoms with Crippen molar-refractivity contribution in [1.29, 1.82) is 0 Å². The number of nitrogens with zero attached hydrogens (tertiary/aromatic N) is 1. The van der Waals surface area contributed by atoms with E-state index < -0.39 is 27.4 Å². The maximum Gasteiger partial charge on any atom is 0.322 e. The summed E-state index contributed by atoms with van der Waals surface area (Å²) >= 11 is 0. The fourth-order valence-corrected chi connectivity index (χ4v) is 5.74. The van der Waals surface area contributed by atoms with Crippen molar-refractivity contribution < 1.29 is 27.8 Å². The molecular formula is C17H23NO6S. The standard InChI is InChI=1S/C17H23NO6S/c1-23-10-13-4-2-3-5-14(13)11-25(21,22)18-12-17(15(18)16(19)20)6-8-24-9-7-17/h2-5,15H,6-12H2,1H3,(H,19,20). The quantitative estimate of drug-likeness (QED) is 0.811. The molecule has 1 N–H and O–H groups in total. The van der Waals surface area contributed by atoms with Gasteiger partial charge in [-0.1, -0.05) is 24.3 Å². The number of benzene rings is 1. The maximum absolute atomic E-state index is 12.9. The Morgan fingerprint density at radius 2 is 1.96 bits per heavy atom. The van der Waals surface area contributed by atoms with Gasteiger partial charge in [0.15, 0.2) is 0 Å². The van der Waals surface area contributed by atoms with Crippen LogP contribution in [0.3, 0.4) is 0 Å². The number of hydrogen-bond acceptors (Lipinski definition) is 5. The van der Waals surface area contributed by atoms with Crippen LogP contribution < -0.4 is 0 Å². The third-order valence-corrected chi connectivity index (χ3v) is 6.91. The third-order valence-electron chi connectivity index (χ3n) is 5.17. The number of carbonyl (C=O) groups is 1. The lowest BCUT2D eigenvalue weighted by Crippen LogP contribution is -2.70. The van der Waals surface area contributed by atoms with Gasteiger partial charge in [0, 0.05) is 32.3 Å². The number of carboxylic acids is 1. The number of aliphatic carboxylic acids is 1. The lowest BCUT2D eigenvalue weighted by molar-refractivity contribution is -0.164. The summed E-state index contributed by atoms with van der Waals surface area (Å²) in [5, 5.41) is 9.62. The fraction of sp³-hybridized carbons (Fsp3) is 0.588. The first-order valence-corrected chi connectivity index (χ1v) is 9.86. The van der Waals surface area contributed by atoms with Gasteiger partial charge >= 0.3 is 5.97 Å². The minimum Gasteiger partial charge on any atom is -0.480 e. The Morgan fingerprint density at radius 3 is 2.56 bits per heavy atom. The summed E-state index contributed by atoms with van der Waals surface area (Å²) in [7, 11) is -2.18. The third kappa shape index (κ3) is 3.44. The van der Waals surface area contributed by atoms with E-state index in [-0.39, 0.29) is 12.3 Å². The zero-order valence-corrected chi connectivity index (χ0v) is 15.0. The second kappa shape index (κ2) is 7.03. The molecule has 0 aromatic heterocycles. The smallest absolute Gasteiger partial charge is 0.322 e. The van der Waals surface area contributed by atoms with E-state index in [9.17, 15) is 18.3 Å². The SMILES string of the molecule is COCc1ccccc1CS(=O)(=O)N1CC2(CCOCC2)C1C(=O)O. The number of sulfonamides is 1. The summed E-state index contributed by atoms with van der Waals surface area (Å²) in [4.78, 5) is 11.8. The van der Waals surface area contributed by atoms with Gasteiger partial charge in [-0.05, 0) is 24.0 Å². The molecular weight excluding hydrogens is 346 g/mol. The van der Waals surface area contributed by atoms with Crippen LogP contribution in [0, 0.1) is 5.41 Å². The van der Waals surface area contributed by atoms with Crippen LogP contribution in [0.15, 0.2) is 24.3 Å². The number of hydrogen-bond donors (Lipinski definition) is 1. The van der Waals surface area contributed by atoms with Gasteiger partial charge in [-0.25, -0.2) is 8.42 Å². The number of rotatable bonds is 6. The Morgan fingerprint density at radius 1 is 1.32 bits per heavy atom. The van der Waals surface area contributed by atoms with Crippen molar-refractivity contribution in [3.63, 3.8) is 0 Å². The molecule has 7 nitrogen and oxygen atoms in total. The van der Waals surface area contributed by atoms with Crippen molar-refractivity contribution in [2.75, 3.05) is 26.9 Å². The largest absolute Gasteiger partial charge is 0.480 e. The van der Waals surface area contributed by atoms with Crippen LogP contribution in [0.1, 0.15) is 24.0 Å². The molecule has 1 aromatic carbocycles. The molecule has 0 radical (unpaired) electrons. The average molecular weight is 369 g/mol. The minimum atomic E-state index is -3.73. The lowest BCUT2D eigenvalue weighted by atomic mass is 9.68. The molecule has 2 fully saturated rings.